The first-order chi connectivity index (χ1) is 4.50. The molecule has 1 N–H and O–H groups in total. The van der Waals surface area contributed by atoms with Crippen LogP contribution in [0.4, 0.5) is 0 Å². The lowest BCUT2D eigenvalue weighted by molar-refractivity contribution is 0.573. The zero-order valence-corrected chi connectivity index (χ0v) is 8.12. The summed E-state index contributed by atoms with van der Waals surface area (Å²) in [5.74, 6) is 0. The third-order valence-electron chi connectivity index (χ3n) is 1.46. The van der Waals surface area contributed by atoms with Gasteiger partial charge in [0.25, 0.3) is 0 Å². The Morgan fingerprint density at radius 3 is 2.20 bits per heavy atom. The molecule has 0 aliphatic heterocycles. The van der Waals surface area contributed by atoms with Gasteiger partial charge in [-0.2, -0.15) is 0 Å². The quantitative estimate of drug-likeness (QED) is 0.665. The lowest BCUT2D eigenvalue weighted by atomic mass is 9.93. The van der Waals surface area contributed by atoms with Crippen LogP contribution in [-0.4, -0.2) is 4.98 Å². The molecule has 1 heterocycles. The van der Waals surface area contributed by atoms with Crippen LogP contribution in [0.5, 0.6) is 0 Å². The van der Waals surface area contributed by atoms with Crippen LogP contribution in [-0.2, 0) is 5.41 Å². The van der Waals surface area contributed by atoms with Gasteiger partial charge in [0.1, 0.15) is 0 Å². The van der Waals surface area contributed by atoms with Crippen LogP contribution < -0.4 is 0 Å². The fourth-order valence-electron chi connectivity index (χ4n) is 0.801. The van der Waals surface area contributed by atoms with E-state index in [9.17, 15) is 0 Å². The molecule has 1 aromatic heterocycles. The lowest BCUT2D eigenvalue weighted by Crippen LogP contribution is -2.10. The normalized spacial score (nSPS) is 12.0. The van der Waals surface area contributed by atoms with Gasteiger partial charge in [-0.25, -0.2) is 0 Å². The minimum absolute atomic E-state index is 0.228. The van der Waals surface area contributed by atoms with Crippen molar-refractivity contribution in [1.82, 2.24) is 4.98 Å². The maximum Gasteiger partial charge on any atom is 0.0352 e. The van der Waals surface area contributed by atoms with Crippen molar-refractivity contribution in [2.45, 2.75) is 26.2 Å². The molecule has 0 atom stereocenters. The summed E-state index contributed by atoms with van der Waals surface area (Å²) in [6.45, 7) is 6.56. The van der Waals surface area contributed by atoms with Crippen molar-refractivity contribution in [3.05, 3.63) is 22.4 Å². The summed E-state index contributed by atoms with van der Waals surface area (Å²) in [5, 5.41) is 0. The highest BCUT2D eigenvalue weighted by Gasteiger charge is 2.14. The summed E-state index contributed by atoms with van der Waals surface area (Å²) in [5.41, 5.74) is 1.49. The first-order valence-electron chi connectivity index (χ1n) is 3.34. The van der Waals surface area contributed by atoms with Gasteiger partial charge in [0.15, 0.2) is 0 Å². The Balaban J connectivity index is 2.96. The second-order valence-corrected chi connectivity index (χ2v) is 4.40. The third kappa shape index (κ3) is 1.63. The second-order valence-electron chi connectivity index (χ2n) is 3.48. The molecule has 0 saturated heterocycles. The molecule has 0 spiro atoms. The van der Waals surface area contributed by atoms with Crippen molar-refractivity contribution in [3.63, 3.8) is 0 Å². The van der Waals surface area contributed by atoms with Gasteiger partial charge in [-0.3, -0.25) is 0 Å². The highest BCUT2D eigenvalue weighted by Crippen LogP contribution is 2.23. The Hall–Kier alpha value is -0.240. The Labute approximate surface area is 70.0 Å². The van der Waals surface area contributed by atoms with Crippen LogP contribution in [0.1, 0.15) is 26.5 Å². The van der Waals surface area contributed by atoms with E-state index in [0.29, 0.717) is 0 Å². The molecule has 0 radical (unpaired) electrons. The van der Waals surface area contributed by atoms with Crippen molar-refractivity contribution >= 4 is 15.9 Å². The summed E-state index contributed by atoms with van der Waals surface area (Å²) in [6.07, 6.45) is 1.96. The Bertz CT molecular complexity index is 219. The lowest BCUT2D eigenvalue weighted by Gasteiger charge is -2.15. The van der Waals surface area contributed by atoms with Crippen molar-refractivity contribution < 1.29 is 0 Å². The van der Waals surface area contributed by atoms with Gasteiger partial charge in [-0.1, -0.05) is 20.8 Å². The van der Waals surface area contributed by atoms with Gasteiger partial charge in [-0.05, 0) is 22.0 Å². The van der Waals surface area contributed by atoms with Gasteiger partial charge < -0.3 is 4.98 Å². The molecule has 0 bridgehead atoms. The van der Waals surface area contributed by atoms with E-state index in [1.165, 1.54) is 5.69 Å². The van der Waals surface area contributed by atoms with Crippen LogP contribution in [0.2, 0.25) is 0 Å². The van der Waals surface area contributed by atoms with E-state index in [0.717, 1.165) is 4.47 Å². The van der Waals surface area contributed by atoms with Crippen LogP contribution in [0, 0.1) is 0 Å². The van der Waals surface area contributed by atoms with Crippen molar-refractivity contribution in [3.8, 4) is 0 Å². The molecular formula is C8H12BrN. The minimum Gasteiger partial charge on any atom is -0.363 e. The Morgan fingerprint density at radius 2 is 2.00 bits per heavy atom. The Kier molecular flexibility index (Phi) is 1.90. The predicted octanol–water partition coefficient (Wildman–Crippen LogP) is 3.07. The molecule has 56 valence electrons. The van der Waals surface area contributed by atoms with E-state index >= 15 is 0 Å². The van der Waals surface area contributed by atoms with E-state index < -0.39 is 0 Å². The summed E-state index contributed by atoms with van der Waals surface area (Å²) in [4.78, 5) is 3.20. The minimum atomic E-state index is 0.228. The number of nitrogens with one attached hydrogen (secondary N) is 1. The summed E-state index contributed by atoms with van der Waals surface area (Å²) in [7, 11) is 0. The van der Waals surface area contributed by atoms with Gasteiger partial charge in [0.05, 0.1) is 0 Å². The van der Waals surface area contributed by atoms with Gasteiger partial charge in [0.2, 0.25) is 0 Å². The van der Waals surface area contributed by atoms with Crippen LogP contribution in [0.3, 0.4) is 0 Å². The molecule has 0 aliphatic rings. The average molecular weight is 202 g/mol. The topological polar surface area (TPSA) is 15.8 Å². The number of rotatable bonds is 0. The van der Waals surface area contributed by atoms with Crippen LogP contribution in [0.15, 0.2) is 16.7 Å². The molecule has 10 heavy (non-hydrogen) atoms. The molecule has 1 rings (SSSR count). The largest absolute Gasteiger partial charge is 0.363 e. The van der Waals surface area contributed by atoms with Gasteiger partial charge in [-0.15, -0.1) is 0 Å². The zero-order valence-electron chi connectivity index (χ0n) is 6.53. The fraction of sp³-hybridized carbons (Fsp3) is 0.500. The predicted molar refractivity (Wildman–Crippen MR) is 47.2 cm³/mol. The maximum absolute atomic E-state index is 3.39. The van der Waals surface area contributed by atoms with E-state index in [1.54, 1.807) is 0 Å². The summed E-state index contributed by atoms with van der Waals surface area (Å²) in [6, 6.07) is 2.11. The standard InChI is InChI=1S/C8H12BrN/c1-8(2,3)7-4-6(9)5-10-7/h4-5,10H,1-3H3. The number of H-pyrrole nitrogens is 1. The number of aromatic amines is 1. The molecule has 0 aromatic carbocycles. The zero-order chi connectivity index (χ0) is 7.78. The molecule has 1 nitrogen and oxygen atoms in total. The summed E-state index contributed by atoms with van der Waals surface area (Å²) < 4.78 is 1.12. The molecule has 0 saturated carbocycles. The van der Waals surface area contributed by atoms with Crippen molar-refractivity contribution in [2.75, 3.05) is 0 Å². The molecule has 1 aromatic rings. The monoisotopic (exact) mass is 201 g/mol. The Morgan fingerprint density at radius 1 is 1.40 bits per heavy atom. The molecular weight excluding hydrogens is 190 g/mol. The van der Waals surface area contributed by atoms with Gasteiger partial charge >= 0.3 is 0 Å². The van der Waals surface area contributed by atoms with E-state index in [1.807, 2.05) is 6.20 Å². The van der Waals surface area contributed by atoms with Gasteiger partial charge in [0, 0.05) is 21.8 Å². The first kappa shape index (κ1) is 7.86. The highest BCUT2D eigenvalue weighted by atomic mass is 79.9. The third-order valence-corrected chi connectivity index (χ3v) is 1.91. The first-order valence-corrected chi connectivity index (χ1v) is 4.14. The van der Waals surface area contributed by atoms with Crippen LogP contribution >= 0.6 is 15.9 Å². The highest BCUT2D eigenvalue weighted by molar-refractivity contribution is 9.10. The molecule has 0 amide bonds. The maximum atomic E-state index is 3.39. The number of hydrogen-bond donors (Lipinski definition) is 1. The smallest absolute Gasteiger partial charge is 0.0352 e. The number of halogens is 1. The van der Waals surface area contributed by atoms with Crippen molar-refractivity contribution in [2.24, 2.45) is 0 Å². The average Bonchev–Trinajstić information content (AvgIpc) is 2.11. The molecule has 2 heteroatoms. The fourth-order valence-corrected chi connectivity index (χ4v) is 1.14. The second kappa shape index (κ2) is 2.42. The van der Waals surface area contributed by atoms with E-state index in [-0.39, 0.29) is 5.41 Å². The van der Waals surface area contributed by atoms with E-state index in [2.05, 4.69) is 47.8 Å². The molecule has 0 unspecified atom stereocenters. The molecule has 0 aliphatic carbocycles. The number of hydrogen-bond acceptors (Lipinski definition) is 0. The SMILES string of the molecule is CC(C)(C)c1cc(Br)c[nH]1. The van der Waals surface area contributed by atoms with Crippen LogP contribution in [0.25, 0.3) is 0 Å². The van der Waals surface area contributed by atoms with E-state index in [4.69, 9.17) is 0 Å². The summed E-state index contributed by atoms with van der Waals surface area (Å²) >= 11 is 3.39. The molecule has 0 fully saturated rings. The van der Waals surface area contributed by atoms with Crippen molar-refractivity contribution in [1.29, 1.82) is 0 Å². The number of aromatic nitrogens is 1.